The second kappa shape index (κ2) is 9.13. The molecule has 2 aromatic carbocycles. The number of benzene rings is 2. The van der Waals surface area contributed by atoms with E-state index in [9.17, 15) is 4.79 Å². The minimum absolute atomic E-state index is 0.323. The predicted molar refractivity (Wildman–Crippen MR) is 113 cm³/mol. The molecule has 1 amide bonds. The van der Waals surface area contributed by atoms with Crippen LogP contribution in [0.1, 0.15) is 48.0 Å². The Hall–Kier alpha value is -3.21. The highest BCUT2D eigenvalue weighted by Crippen LogP contribution is 2.19. The molecule has 0 radical (unpaired) electrons. The summed E-state index contributed by atoms with van der Waals surface area (Å²) in [6.07, 6.45) is 3.67. The highest BCUT2D eigenvalue weighted by Gasteiger charge is 2.10. The fraction of sp³-hybridized carbons (Fsp3) is 0.261. The number of hydrogen-bond donors (Lipinski definition) is 2. The van der Waals surface area contributed by atoms with Crippen molar-refractivity contribution in [3.05, 3.63) is 77.0 Å². The van der Waals surface area contributed by atoms with E-state index in [4.69, 9.17) is 0 Å². The van der Waals surface area contributed by atoms with E-state index in [2.05, 4.69) is 65.8 Å². The fourth-order valence-corrected chi connectivity index (χ4v) is 2.93. The van der Waals surface area contributed by atoms with Crippen LogP contribution in [0.15, 0.2) is 59.7 Å². The number of nitrogens with one attached hydrogen (secondary N) is 2. The molecule has 0 aliphatic rings. The molecule has 0 fully saturated rings. The zero-order chi connectivity index (χ0) is 19.9. The summed E-state index contributed by atoms with van der Waals surface area (Å²) >= 11 is 0. The van der Waals surface area contributed by atoms with Crippen LogP contribution < -0.4 is 5.43 Å². The number of rotatable bonds is 7. The molecule has 0 saturated heterocycles. The number of amides is 1. The van der Waals surface area contributed by atoms with Gasteiger partial charge in [-0.05, 0) is 41.5 Å². The van der Waals surface area contributed by atoms with E-state index >= 15 is 0 Å². The molecular formula is C23H26N4O. The van der Waals surface area contributed by atoms with E-state index in [1.165, 1.54) is 11.1 Å². The van der Waals surface area contributed by atoms with Crippen LogP contribution in [0.2, 0.25) is 0 Å². The number of nitrogens with zero attached hydrogens (tertiary/aromatic N) is 2. The minimum Gasteiger partial charge on any atom is -0.272 e. The number of aromatic amines is 1. The van der Waals surface area contributed by atoms with E-state index in [1.54, 1.807) is 12.3 Å². The molecule has 0 bridgehead atoms. The summed E-state index contributed by atoms with van der Waals surface area (Å²) in [6.45, 7) is 6.52. The first-order valence-corrected chi connectivity index (χ1v) is 9.62. The van der Waals surface area contributed by atoms with Crippen molar-refractivity contribution in [1.29, 1.82) is 0 Å². The number of carbonyl (C=O) groups excluding carboxylic acids is 1. The Kier molecular flexibility index (Phi) is 6.37. The van der Waals surface area contributed by atoms with Gasteiger partial charge in [0.2, 0.25) is 0 Å². The molecule has 0 unspecified atom stereocenters. The van der Waals surface area contributed by atoms with E-state index in [1.807, 2.05) is 24.3 Å². The quantitative estimate of drug-likeness (QED) is 0.469. The van der Waals surface area contributed by atoms with Gasteiger partial charge in [-0.2, -0.15) is 10.2 Å². The van der Waals surface area contributed by atoms with Gasteiger partial charge in [-0.3, -0.25) is 9.89 Å². The first-order valence-electron chi connectivity index (χ1n) is 9.62. The molecule has 3 aromatic rings. The van der Waals surface area contributed by atoms with Gasteiger partial charge in [-0.25, -0.2) is 5.43 Å². The highest BCUT2D eigenvalue weighted by atomic mass is 16.2. The average Bonchev–Trinajstić information content (AvgIpc) is 3.19. The number of aryl methyl sites for hydroxylation is 1. The molecule has 3 rings (SSSR count). The molecule has 1 heterocycles. The van der Waals surface area contributed by atoms with Crippen molar-refractivity contribution >= 4 is 12.1 Å². The third kappa shape index (κ3) is 5.16. The Labute approximate surface area is 165 Å². The molecule has 1 aromatic heterocycles. The summed E-state index contributed by atoms with van der Waals surface area (Å²) in [5, 5.41) is 11.0. The summed E-state index contributed by atoms with van der Waals surface area (Å²) < 4.78 is 0. The monoisotopic (exact) mass is 374 g/mol. The third-order valence-electron chi connectivity index (χ3n) is 4.48. The summed E-state index contributed by atoms with van der Waals surface area (Å²) in [5.74, 6) is 0.299. The van der Waals surface area contributed by atoms with E-state index in [0.717, 1.165) is 29.7 Å². The Morgan fingerprint density at radius 1 is 1.11 bits per heavy atom. The van der Waals surface area contributed by atoms with Crippen LogP contribution in [0.4, 0.5) is 0 Å². The van der Waals surface area contributed by atoms with Crippen LogP contribution in [0.3, 0.4) is 0 Å². The van der Waals surface area contributed by atoms with Crippen LogP contribution in [0, 0.1) is 5.92 Å². The normalized spacial score (nSPS) is 11.3. The number of hydrazone groups is 1. The third-order valence-corrected chi connectivity index (χ3v) is 4.48. The first kappa shape index (κ1) is 19.5. The Morgan fingerprint density at radius 3 is 2.43 bits per heavy atom. The number of carbonyl (C=O) groups is 1. The lowest BCUT2D eigenvalue weighted by Crippen LogP contribution is -2.17. The summed E-state index contributed by atoms with van der Waals surface area (Å²) in [7, 11) is 0. The lowest BCUT2D eigenvalue weighted by molar-refractivity contribution is 0.0950. The molecule has 144 valence electrons. The van der Waals surface area contributed by atoms with Gasteiger partial charge < -0.3 is 0 Å². The maximum atomic E-state index is 12.3. The molecule has 2 N–H and O–H groups in total. The maximum Gasteiger partial charge on any atom is 0.289 e. The average molecular weight is 374 g/mol. The van der Waals surface area contributed by atoms with Gasteiger partial charge in [0.1, 0.15) is 5.69 Å². The molecular weight excluding hydrogens is 348 g/mol. The van der Waals surface area contributed by atoms with E-state index < -0.39 is 0 Å². The summed E-state index contributed by atoms with van der Waals surface area (Å²) in [6, 6.07) is 18.1. The number of aromatic nitrogens is 2. The van der Waals surface area contributed by atoms with Gasteiger partial charge in [-0.1, -0.05) is 69.3 Å². The summed E-state index contributed by atoms with van der Waals surface area (Å²) in [4.78, 5) is 12.3. The molecule has 0 spiro atoms. The maximum absolute atomic E-state index is 12.3. The topological polar surface area (TPSA) is 70.1 Å². The minimum atomic E-state index is -0.323. The zero-order valence-corrected chi connectivity index (χ0v) is 16.6. The molecule has 5 nitrogen and oxygen atoms in total. The highest BCUT2D eigenvalue weighted by molar-refractivity contribution is 5.94. The van der Waals surface area contributed by atoms with Crippen molar-refractivity contribution < 1.29 is 4.79 Å². The van der Waals surface area contributed by atoms with Crippen LogP contribution in [0.5, 0.6) is 0 Å². The van der Waals surface area contributed by atoms with E-state index in [0.29, 0.717) is 11.6 Å². The van der Waals surface area contributed by atoms with Crippen LogP contribution in [-0.2, 0) is 12.8 Å². The Balaban J connectivity index is 1.61. The van der Waals surface area contributed by atoms with Gasteiger partial charge in [-0.15, -0.1) is 0 Å². The van der Waals surface area contributed by atoms with Crippen molar-refractivity contribution in [2.45, 2.75) is 33.6 Å². The molecule has 0 saturated carbocycles. The van der Waals surface area contributed by atoms with Crippen LogP contribution >= 0.6 is 0 Å². The first-order chi connectivity index (χ1) is 13.5. The second-order valence-corrected chi connectivity index (χ2v) is 7.26. The van der Waals surface area contributed by atoms with Crippen LogP contribution in [0.25, 0.3) is 11.3 Å². The molecule has 0 atom stereocenters. The Morgan fingerprint density at radius 2 is 1.79 bits per heavy atom. The smallest absolute Gasteiger partial charge is 0.272 e. The van der Waals surface area contributed by atoms with Gasteiger partial charge in [0.05, 0.1) is 11.9 Å². The fourth-order valence-electron chi connectivity index (χ4n) is 2.93. The largest absolute Gasteiger partial charge is 0.289 e. The molecule has 28 heavy (non-hydrogen) atoms. The lowest BCUT2D eigenvalue weighted by atomic mass is 10.0. The van der Waals surface area contributed by atoms with Gasteiger partial charge in [0.15, 0.2) is 0 Å². The number of H-pyrrole nitrogens is 1. The molecule has 0 aliphatic carbocycles. The SMILES string of the molecule is CCc1ccc(C=NNC(=O)c2cc(-c3ccc(CC(C)C)cc3)n[nH]2)cc1. The van der Waals surface area contributed by atoms with Crippen molar-refractivity contribution in [3.8, 4) is 11.3 Å². The molecule has 5 heteroatoms. The zero-order valence-electron chi connectivity index (χ0n) is 16.6. The summed E-state index contributed by atoms with van der Waals surface area (Å²) in [5.41, 5.74) is 8.12. The van der Waals surface area contributed by atoms with Crippen molar-refractivity contribution in [2.24, 2.45) is 11.0 Å². The Bertz CT molecular complexity index is 937. The van der Waals surface area contributed by atoms with Gasteiger partial charge >= 0.3 is 0 Å². The van der Waals surface area contributed by atoms with Gasteiger partial charge in [0, 0.05) is 5.56 Å². The standard InChI is InChI=1S/C23H26N4O/c1-4-17-5-7-19(8-6-17)15-24-27-23(28)22-14-21(25-26-22)20-11-9-18(10-12-20)13-16(2)3/h5-12,14-16H,4,13H2,1-3H3,(H,25,26)(H,27,28). The van der Waals surface area contributed by atoms with Crippen molar-refractivity contribution in [2.75, 3.05) is 0 Å². The van der Waals surface area contributed by atoms with Crippen LogP contribution in [-0.4, -0.2) is 22.3 Å². The molecule has 0 aliphatic heterocycles. The van der Waals surface area contributed by atoms with Crippen molar-refractivity contribution in [1.82, 2.24) is 15.6 Å². The second-order valence-electron chi connectivity index (χ2n) is 7.26. The lowest BCUT2D eigenvalue weighted by Gasteiger charge is -2.05. The number of hydrogen-bond acceptors (Lipinski definition) is 3. The van der Waals surface area contributed by atoms with Gasteiger partial charge in [0.25, 0.3) is 5.91 Å². The van der Waals surface area contributed by atoms with E-state index in [-0.39, 0.29) is 5.91 Å². The predicted octanol–water partition coefficient (Wildman–Crippen LogP) is 4.60. The van der Waals surface area contributed by atoms with Crippen molar-refractivity contribution in [3.63, 3.8) is 0 Å².